The van der Waals surface area contributed by atoms with Crippen molar-refractivity contribution in [3.8, 4) is 0 Å². The van der Waals surface area contributed by atoms with Gasteiger partial charge in [0, 0.05) is 12.5 Å². The number of hydrogen-bond acceptors (Lipinski definition) is 2. The number of rotatable bonds is 9. The lowest BCUT2D eigenvalue weighted by Gasteiger charge is -2.16. The van der Waals surface area contributed by atoms with Crippen LogP contribution >= 0.6 is 0 Å². The highest BCUT2D eigenvalue weighted by atomic mass is 16.1. The van der Waals surface area contributed by atoms with Crippen molar-refractivity contribution in [2.75, 3.05) is 6.54 Å². The van der Waals surface area contributed by atoms with E-state index in [0.29, 0.717) is 12.5 Å². The number of primary amides is 1. The highest BCUT2D eigenvalue weighted by Crippen LogP contribution is 2.04. The zero-order valence-electron chi connectivity index (χ0n) is 9.51. The Morgan fingerprint density at radius 3 is 2.29 bits per heavy atom. The first-order valence-electron chi connectivity index (χ1n) is 5.72. The molecule has 0 atom stereocenters. The Labute approximate surface area is 87.4 Å². The van der Waals surface area contributed by atoms with Crippen LogP contribution in [0.25, 0.3) is 0 Å². The van der Waals surface area contributed by atoms with Crippen molar-refractivity contribution in [3.63, 3.8) is 0 Å². The van der Waals surface area contributed by atoms with Crippen molar-refractivity contribution >= 4 is 5.91 Å². The lowest BCUT2D eigenvalue weighted by atomic mass is 10.1. The maximum absolute atomic E-state index is 10.5. The summed E-state index contributed by atoms with van der Waals surface area (Å²) in [6, 6.07) is 0.623. The number of hydrogen-bond donors (Lipinski definition) is 2. The van der Waals surface area contributed by atoms with Gasteiger partial charge in [0.05, 0.1) is 0 Å². The van der Waals surface area contributed by atoms with Crippen LogP contribution in [0.1, 0.15) is 52.4 Å². The summed E-state index contributed by atoms with van der Waals surface area (Å²) < 4.78 is 0. The zero-order chi connectivity index (χ0) is 10.8. The van der Waals surface area contributed by atoms with Crippen LogP contribution in [0.5, 0.6) is 0 Å². The number of carbonyl (C=O) groups is 1. The minimum atomic E-state index is -0.200. The Bertz CT molecular complexity index is 142. The Morgan fingerprint density at radius 1 is 1.29 bits per heavy atom. The van der Waals surface area contributed by atoms with E-state index in [0.717, 1.165) is 13.0 Å². The summed E-state index contributed by atoms with van der Waals surface area (Å²) in [6.07, 6.45) is 6.24. The van der Waals surface area contributed by atoms with E-state index in [-0.39, 0.29) is 5.91 Å². The zero-order valence-corrected chi connectivity index (χ0v) is 9.51. The van der Waals surface area contributed by atoms with E-state index < -0.39 is 0 Å². The van der Waals surface area contributed by atoms with Gasteiger partial charge < -0.3 is 11.1 Å². The first-order valence-corrected chi connectivity index (χ1v) is 5.72. The molecule has 0 bridgehead atoms. The molecule has 3 heteroatoms. The molecule has 0 aliphatic rings. The second kappa shape index (κ2) is 9.00. The highest BCUT2D eigenvalue weighted by Gasteiger charge is 2.04. The summed E-state index contributed by atoms with van der Waals surface area (Å²) in [6.45, 7) is 5.31. The number of amides is 1. The molecule has 0 fully saturated rings. The van der Waals surface area contributed by atoms with Gasteiger partial charge in [0.25, 0.3) is 0 Å². The highest BCUT2D eigenvalue weighted by molar-refractivity contribution is 5.73. The Balaban J connectivity index is 3.44. The standard InChI is InChI=1S/C11H24N2O/c1-3-6-10(7-4-2)13-9-5-8-11(12)14/h10,13H,3-9H2,1-2H3,(H2,12,14). The van der Waals surface area contributed by atoms with Gasteiger partial charge in [-0.2, -0.15) is 0 Å². The van der Waals surface area contributed by atoms with Crippen LogP contribution in [-0.4, -0.2) is 18.5 Å². The summed E-state index contributed by atoms with van der Waals surface area (Å²) in [5, 5.41) is 3.47. The van der Waals surface area contributed by atoms with Crippen LogP contribution in [0.15, 0.2) is 0 Å². The molecule has 0 aromatic carbocycles. The fraction of sp³-hybridized carbons (Fsp3) is 0.909. The van der Waals surface area contributed by atoms with Crippen molar-refractivity contribution in [1.29, 1.82) is 0 Å². The molecule has 0 aromatic heterocycles. The molecule has 0 spiro atoms. The van der Waals surface area contributed by atoms with Gasteiger partial charge in [-0.3, -0.25) is 4.79 Å². The first-order chi connectivity index (χ1) is 6.70. The molecule has 3 N–H and O–H groups in total. The summed E-state index contributed by atoms with van der Waals surface area (Å²) in [5.74, 6) is -0.200. The molecule has 3 nitrogen and oxygen atoms in total. The molecule has 14 heavy (non-hydrogen) atoms. The minimum Gasteiger partial charge on any atom is -0.370 e. The van der Waals surface area contributed by atoms with E-state index in [1.54, 1.807) is 0 Å². The second-order valence-electron chi connectivity index (χ2n) is 3.80. The quantitative estimate of drug-likeness (QED) is 0.558. The van der Waals surface area contributed by atoms with Crippen LogP contribution < -0.4 is 11.1 Å². The first kappa shape index (κ1) is 13.4. The Morgan fingerprint density at radius 2 is 1.86 bits per heavy atom. The van der Waals surface area contributed by atoms with E-state index in [2.05, 4.69) is 19.2 Å². The third kappa shape index (κ3) is 8.05. The fourth-order valence-electron chi connectivity index (χ4n) is 1.61. The van der Waals surface area contributed by atoms with Gasteiger partial charge >= 0.3 is 0 Å². The van der Waals surface area contributed by atoms with Crippen molar-refractivity contribution in [2.45, 2.75) is 58.4 Å². The average Bonchev–Trinajstić information content (AvgIpc) is 2.12. The molecule has 0 rings (SSSR count). The summed E-state index contributed by atoms with van der Waals surface area (Å²) in [4.78, 5) is 10.5. The molecule has 0 radical (unpaired) electrons. The van der Waals surface area contributed by atoms with Gasteiger partial charge in [0.2, 0.25) is 5.91 Å². The van der Waals surface area contributed by atoms with E-state index >= 15 is 0 Å². The molecule has 1 amide bonds. The van der Waals surface area contributed by atoms with E-state index in [1.807, 2.05) is 0 Å². The van der Waals surface area contributed by atoms with E-state index in [9.17, 15) is 4.79 Å². The third-order valence-electron chi connectivity index (χ3n) is 2.31. The molecule has 0 heterocycles. The minimum absolute atomic E-state index is 0.200. The van der Waals surface area contributed by atoms with Crippen LogP contribution in [0.2, 0.25) is 0 Å². The van der Waals surface area contributed by atoms with Gasteiger partial charge in [0.1, 0.15) is 0 Å². The van der Waals surface area contributed by atoms with E-state index in [4.69, 9.17) is 5.73 Å². The van der Waals surface area contributed by atoms with Crippen LogP contribution in [0, 0.1) is 0 Å². The van der Waals surface area contributed by atoms with Crippen molar-refractivity contribution < 1.29 is 4.79 Å². The molecule has 0 unspecified atom stereocenters. The van der Waals surface area contributed by atoms with Crippen LogP contribution in [-0.2, 0) is 4.79 Å². The van der Waals surface area contributed by atoms with Crippen LogP contribution in [0.3, 0.4) is 0 Å². The van der Waals surface area contributed by atoms with Crippen molar-refractivity contribution in [2.24, 2.45) is 5.73 Å². The Hall–Kier alpha value is -0.570. The predicted octanol–water partition coefficient (Wildman–Crippen LogP) is 1.81. The van der Waals surface area contributed by atoms with Gasteiger partial charge in [-0.15, -0.1) is 0 Å². The number of nitrogens with one attached hydrogen (secondary N) is 1. The largest absolute Gasteiger partial charge is 0.370 e. The third-order valence-corrected chi connectivity index (χ3v) is 2.31. The molecule has 0 saturated heterocycles. The lowest BCUT2D eigenvalue weighted by molar-refractivity contribution is -0.118. The van der Waals surface area contributed by atoms with Gasteiger partial charge in [-0.25, -0.2) is 0 Å². The van der Waals surface area contributed by atoms with Gasteiger partial charge in [-0.05, 0) is 25.8 Å². The predicted molar refractivity (Wildman–Crippen MR) is 60.0 cm³/mol. The monoisotopic (exact) mass is 200 g/mol. The van der Waals surface area contributed by atoms with Gasteiger partial charge in [-0.1, -0.05) is 26.7 Å². The fourth-order valence-corrected chi connectivity index (χ4v) is 1.61. The number of nitrogens with two attached hydrogens (primary N) is 1. The molecule has 0 aliphatic heterocycles. The molecule has 84 valence electrons. The van der Waals surface area contributed by atoms with Crippen molar-refractivity contribution in [1.82, 2.24) is 5.32 Å². The summed E-state index contributed by atoms with van der Waals surface area (Å²) >= 11 is 0. The number of carbonyl (C=O) groups excluding carboxylic acids is 1. The van der Waals surface area contributed by atoms with Crippen LogP contribution in [0.4, 0.5) is 0 Å². The average molecular weight is 200 g/mol. The normalized spacial score (nSPS) is 10.8. The maximum atomic E-state index is 10.5. The smallest absolute Gasteiger partial charge is 0.217 e. The van der Waals surface area contributed by atoms with E-state index in [1.165, 1.54) is 25.7 Å². The topological polar surface area (TPSA) is 55.1 Å². The summed E-state index contributed by atoms with van der Waals surface area (Å²) in [7, 11) is 0. The lowest BCUT2D eigenvalue weighted by Crippen LogP contribution is -2.30. The molecular formula is C11H24N2O. The molecular weight excluding hydrogens is 176 g/mol. The molecule has 0 saturated carbocycles. The SMILES string of the molecule is CCCC(CCC)NCCCC(N)=O. The van der Waals surface area contributed by atoms with Gasteiger partial charge in [0.15, 0.2) is 0 Å². The Kier molecular flexibility index (Phi) is 8.64. The second-order valence-corrected chi connectivity index (χ2v) is 3.80. The maximum Gasteiger partial charge on any atom is 0.217 e. The molecule has 0 aromatic rings. The van der Waals surface area contributed by atoms with Crippen molar-refractivity contribution in [3.05, 3.63) is 0 Å². The molecule has 0 aliphatic carbocycles. The summed E-state index contributed by atoms with van der Waals surface area (Å²) in [5.41, 5.74) is 5.06.